The fourth-order valence-corrected chi connectivity index (χ4v) is 0.932. The lowest BCUT2D eigenvalue weighted by Gasteiger charge is -2.17. The first-order valence-electron chi connectivity index (χ1n) is 4.75. The van der Waals surface area contributed by atoms with Crippen molar-refractivity contribution in [2.45, 2.75) is 38.6 Å². The number of carbonyl (C=O) groups excluding carboxylic acids is 2. The molecule has 0 fully saturated rings. The fraction of sp³-hybridized carbons (Fsp3) is 0.778. The van der Waals surface area contributed by atoms with Crippen LogP contribution in [0.25, 0.3) is 0 Å². The standard InChI is InChI=1S/C6H12O2.C3H3F3O4S/c1-5(7)8-6(2,3)4;1-10-2(7)3(4,5)11(6,8)9/h1-4H3;1H3. The second kappa shape index (κ2) is 6.73. The number of esters is 2. The fourth-order valence-electron chi connectivity index (χ4n) is 0.650. The van der Waals surface area contributed by atoms with Gasteiger partial charge in [0.1, 0.15) is 5.60 Å². The largest absolute Gasteiger partial charge is 0.470 e. The molecule has 10 heteroatoms. The molecule has 19 heavy (non-hydrogen) atoms. The van der Waals surface area contributed by atoms with E-state index in [1.54, 1.807) is 0 Å². The first kappa shape index (κ1) is 20.0. The van der Waals surface area contributed by atoms with Crippen LogP contribution in [0.1, 0.15) is 27.7 Å². The smallest absolute Gasteiger partial charge is 0.464 e. The van der Waals surface area contributed by atoms with Crippen molar-refractivity contribution in [1.82, 2.24) is 0 Å². The van der Waals surface area contributed by atoms with Gasteiger partial charge in [-0.05, 0) is 20.8 Å². The number of hydrogen-bond acceptors (Lipinski definition) is 6. The average Bonchev–Trinajstić information content (AvgIpc) is 2.11. The van der Waals surface area contributed by atoms with E-state index in [4.69, 9.17) is 4.74 Å². The second-order valence-electron chi connectivity index (χ2n) is 4.15. The summed E-state index contributed by atoms with van der Waals surface area (Å²) in [6.45, 7) is 6.93. The zero-order valence-electron chi connectivity index (χ0n) is 11.0. The summed E-state index contributed by atoms with van der Waals surface area (Å²) in [4.78, 5) is 20.1. The van der Waals surface area contributed by atoms with Crippen LogP contribution in [0.3, 0.4) is 0 Å². The first-order chi connectivity index (χ1) is 8.15. The van der Waals surface area contributed by atoms with Crippen LogP contribution in [-0.4, -0.2) is 38.3 Å². The van der Waals surface area contributed by atoms with E-state index < -0.39 is 21.4 Å². The Bertz CT molecular complexity index is 424. The minimum atomic E-state index is -6.22. The van der Waals surface area contributed by atoms with E-state index in [9.17, 15) is 30.7 Å². The lowest BCUT2D eigenvalue weighted by molar-refractivity contribution is -0.158. The summed E-state index contributed by atoms with van der Waals surface area (Å²) in [5.74, 6) is -2.67. The van der Waals surface area contributed by atoms with Gasteiger partial charge in [0.15, 0.2) is 0 Å². The molecule has 0 N–H and O–H groups in total. The number of methoxy groups -OCH3 is 1. The van der Waals surface area contributed by atoms with Crippen LogP contribution in [0.15, 0.2) is 0 Å². The minimum Gasteiger partial charge on any atom is -0.464 e. The summed E-state index contributed by atoms with van der Waals surface area (Å²) in [7, 11) is -5.71. The molecule has 0 aliphatic rings. The van der Waals surface area contributed by atoms with Crippen LogP contribution < -0.4 is 0 Å². The van der Waals surface area contributed by atoms with Gasteiger partial charge in [0.25, 0.3) is 0 Å². The van der Waals surface area contributed by atoms with Gasteiger partial charge in [0, 0.05) is 6.92 Å². The molecule has 0 spiro atoms. The first-order valence-corrected chi connectivity index (χ1v) is 6.13. The van der Waals surface area contributed by atoms with Crippen molar-refractivity contribution in [2.75, 3.05) is 7.11 Å². The monoisotopic (exact) mass is 308 g/mol. The maximum Gasteiger partial charge on any atom is 0.470 e. The lowest BCUT2D eigenvalue weighted by Crippen LogP contribution is -2.36. The number of hydrogen-bond donors (Lipinski definition) is 0. The molecule has 0 atom stereocenters. The molecule has 0 saturated carbocycles. The zero-order valence-corrected chi connectivity index (χ0v) is 11.8. The zero-order chi connectivity index (χ0) is 16.1. The van der Waals surface area contributed by atoms with Crippen molar-refractivity contribution < 1.29 is 40.1 Å². The second-order valence-corrected chi connectivity index (χ2v) is 5.54. The van der Waals surface area contributed by atoms with Crippen LogP contribution in [0, 0.1) is 0 Å². The Morgan fingerprint density at radius 2 is 1.47 bits per heavy atom. The molecule has 0 aliphatic carbocycles. The normalized spacial score (nSPS) is 12.0. The number of rotatable bonds is 2. The van der Waals surface area contributed by atoms with E-state index in [0.717, 1.165) is 0 Å². The summed E-state index contributed by atoms with van der Waals surface area (Å²) in [5.41, 5.74) is -0.328. The Balaban J connectivity index is 0. The highest BCUT2D eigenvalue weighted by Crippen LogP contribution is 2.24. The minimum absolute atomic E-state index is 0.225. The van der Waals surface area contributed by atoms with Crippen LogP contribution in [-0.2, 0) is 29.3 Å². The van der Waals surface area contributed by atoms with Crippen molar-refractivity contribution in [3.05, 3.63) is 0 Å². The van der Waals surface area contributed by atoms with Crippen molar-refractivity contribution in [3.63, 3.8) is 0 Å². The molecule has 0 bridgehead atoms. The van der Waals surface area contributed by atoms with Crippen molar-refractivity contribution in [3.8, 4) is 0 Å². The summed E-state index contributed by atoms with van der Waals surface area (Å²) >= 11 is 0. The Morgan fingerprint density at radius 3 is 1.53 bits per heavy atom. The maximum atomic E-state index is 11.9. The van der Waals surface area contributed by atoms with Crippen molar-refractivity contribution in [2.24, 2.45) is 0 Å². The Kier molecular flexibility index (Phi) is 7.09. The number of carbonyl (C=O) groups is 2. The summed E-state index contributed by atoms with van der Waals surface area (Å²) < 4.78 is 62.5. The van der Waals surface area contributed by atoms with Gasteiger partial charge in [-0.15, -0.1) is 0 Å². The van der Waals surface area contributed by atoms with Crippen molar-refractivity contribution >= 4 is 22.2 Å². The summed E-state index contributed by atoms with van der Waals surface area (Å²) in [5, 5.41) is -5.11. The van der Waals surface area contributed by atoms with E-state index in [0.29, 0.717) is 7.11 Å². The molecule has 0 aliphatic heterocycles. The van der Waals surface area contributed by atoms with E-state index in [-0.39, 0.29) is 11.6 Å². The Labute approximate surface area is 109 Å². The molecular weight excluding hydrogens is 293 g/mol. The highest BCUT2D eigenvalue weighted by molar-refractivity contribution is 7.88. The maximum absolute atomic E-state index is 11.9. The number of halogens is 3. The lowest BCUT2D eigenvalue weighted by atomic mass is 10.2. The molecule has 0 aromatic carbocycles. The van der Waals surface area contributed by atoms with Gasteiger partial charge in [-0.25, -0.2) is 4.79 Å². The molecule has 0 heterocycles. The van der Waals surface area contributed by atoms with E-state index in [2.05, 4.69) is 4.74 Å². The molecule has 0 amide bonds. The third-order valence-corrected chi connectivity index (χ3v) is 1.96. The Morgan fingerprint density at radius 1 is 1.11 bits per heavy atom. The molecule has 0 rings (SSSR count). The molecule has 6 nitrogen and oxygen atoms in total. The molecule has 0 saturated heterocycles. The summed E-state index contributed by atoms with van der Waals surface area (Å²) in [6.07, 6.45) is 0. The molecular formula is C9H15F3O6S. The van der Waals surface area contributed by atoms with Crippen molar-refractivity contribution in [1.29, 1.82) is 0 Å². The number of alkyl halides is 2. The molecule has 0 aromatic heterocycles. The van der Waals surface area contributed by atoms with Gasteiger partial charge in [-0.2, -0.15) is 17.2 Å². The predicted octanol–water partition coefficient (Wildman–Crippen LogP) is 1.40. The predicted molar refractivity (Wildman–Crippen MR) is 58.5 cm³/mol. The summed E-state index contributed by atoms with van der Waals surface area (Å²) in [6, 6.07) is 0. The van der Waals surface area contributed by atoms with E-state index >= 15 is 0 Å². The molecule has 0 radical (unpaired) electrons. The van der Waals surface area contributed by atoms with Gasteiger partial charge >= 0.3 is 27.4 Å². The third kappa shape index (κ3) is 8.41. The average molecular weight is 308 g/mol. The highest BCUT2D eigenvalue weighted by atomic mass is 32.3. The van der Waals surface area contributed by atoms with Crippen LogP contribution in [0.2, 0.25) is 0 Å². The van der Waals surface area contributed by atoms with Crippen LogP contribution >= 0.6 is 0 Å². The van der Waals surface area contributed by atoms with Crippen LogP contribution in [0.4, 0.5) is 12.7 Å². The highest BCUT2D eigenvalue weighted by Gasteiger charge is 2.55. The van der Waals surface area contributed by atoms with Crippen LogP contribution in [0.5, 0.6) is 0 Å². The quantitative estimate of drug-likeness (QED) is 0.566. The topological polar surface area (TPSA) is 86.7 Å². The van der Waals surface area contributed by atoms with Gasteiger partial charge < -0.3 is 9.47 Å². The van der Waals surface area contributed by atoms with Gasteiger partial charge in [0.2, 0.25) is 0 Å². The number of ether oxygens (including phenoxy) is 2. The third-order valence-electron chi connectivity index (χ3n) is 1.18. The molecule has 0 aromatic rings. The SMILES string of the molecule is CC(=O)OC(C)(C)C.COC(=O)C(F)(F)S(=O)(=O)F. The molecule has 114 valence electrons. The van der Waals surface area contributed by atoms with Gasteiger partial charge in [-0.3, -0.25) is 4.79 Å². The van der Waals surface area contributed by atoms with E-state index in [1.165, 1.54) is 6.92 Å². The van der Waals surface area contributed by atoms with Gasteiger partial charge in [0.05, 0.1) is 7.11 Å². The van der Waals surface area contributed by atoms with Gasteiger partial charge in [-0.1, -0.05) is 3.89 Å². The Hall–Kier alpha value is -1.32. The molecule has 0 unspecified atom stereocenters. The van der Waals surface area contributed by atoms with E-state index in [1.807, 2.05) is 20.8 Å².